The summed E-state index contributed by atoms with van der Waals surface area (Å²) >= 11 is 0. The molecule has 0 fully saturated rings. The zero-order chi connectivity index (χ0) is 24.0. The smallest absolute Gasteiger partial charge is 0.225 e. The quantitative estimate of drug-likeness (QED) is 0.260. The molecule has 5 rings (SSSR count). The molecule has 4 aromatic carbocycles. The molecule has 0 aliphatic rings. The molecule has 0 spiro atoms. The van der Waals surface area contributed by atoms with E-state index in [4.69, 9.17) is 1.37 Å². The summed E-state index contributed by atoms with van der Waals surface area (Å²) in [6.07, 6.45) is 0. The first kappa shape index (κ1) is 19.9. The van der Waals surface area contributed by atoms with Crippen molar-refractivity contribution < 1.29 is 10.3 Å². The first-order valence-electron chi connectivity index (χ1n) is 11.7. The number of hydrogen-bond donors (Lipinski definition) is 0. The van der Waals surface area contributed by atoms with Gasteiger partial charge in [-0.1, -0.05) is 62.4 Å². The number of rotatable bonds is 4. The molecule has 0 amide bonds. The third-order valence-electron chi connectivity index (χ3n) is 6.35. The zero-order valence-corrected chi connectivity index (χ0v) is 19.4. The average molecular weight is 437 g/mol. The summed E-state index contributed by atoms with van der Waals surface area (Å²) in [6.45, 7) is 5.98. The summed E-state index contributed by atoms with van der Waals surface area (Å²) in [5.41, 5.74) is 8.42. The molecule has 1 aromatic heterocycles. The van der Waals surface area contributed by atoms with E-state index < -0.39 is 5.89 Å². The van der Waals surface area contributed by atoms with E-state index in [-0.39, 0.29) is 5.82 Å². The number of benzene rings is 4. The van der Waals surface area contributed by atoms with Gasteiger partial charge < -0.3 is 0 Å². The Morgan fingerprint density at radius 1 is 0.848 bits per heavy atom. The molecule has 0 unspecified atom stereocenters. The lowest BCUT2D eigenvalue weighted by molar-refractivity contribution is -0.556. The largest absolute Gasteiger partial charge is 0.295 e. The Labute approximate surface area is 196 Å². The number of hydrogen-bond acceptors (Lipinski definition) is 0. The minimum absolute atomic E-state index is 0.238. The van der Waals surface area contributed by atoms with Crippen LogP contribution in [-0.4, -0.2) is 4.57 Å². The number of aryl methyl sites for hydroxylation is 2. The van der Waals surface area contributed by atoms with Crippen LogP contribution in [0.2, 0.25) is 0 Å². The molecule has 0 aliphatic carbocycles. The standard InChI is InChI=1S/C30H28FN2/c1-20(2)25-10-7-8-12-27(25)33-28-18-15-23(22-13-16-24(31)17-14-22)19-29(28)32(4)30(33)26-11-6-5-9-21(26)3/h5-20H,1-4H3/q+1/i20D. The molecule has 33 heavy (non-hydrogen) atoms. The van der Waals surface area contributed by atoms with E-state index >= 15 is 0 Å². The van der Waals surface area contributed by atoms with E-state index in [1.807, 2.05) is 44.2 Å². The summed E-state index contributed by atoms with van der Waals surface area (Å²) in [4.78, 5) is 0. The van der Waals surface area contributed by atoms with Crippen LogP contribution in [0.5, 0.6) is 0 Å². The van der Waals surface area contributed by atoms with Crippen LogP contribution in [0.15, 0.2) is 91.0 Å². The van der Waals surface area contributed by atoms with Crippen molar-refractivity contribution in [2.24, 2.45) is 7.05 Å². The lowest BCUT2D eigenvalue weighted by atomic mass is 10.0. The van der Waals surface area contributed by atoms with Crippen molar-refractivity contribution in [2.45, 2.75) is 26.7 Å². The second-order valence-electron chi connectivity index (χ2n) is 8.76. The topological polar surface area (TPSA) is 8.81 Å². The molecule has 0 bridgehead atoms. The van der Waals surface area contributed by atoms with E-state index in [9.17, 15) is 4.39 Å². The van der Waals surface area contributed by atoms with Crippen molar-refractivity contribution in [3.05, 3.63) is 108 Å². The highest BCUT2D eigenvalue weighted by atomic mass is 19.1. The Kier molecular flexibility index (Phi) is 5.03. The summed E-state index contributed by atoms with van der Waals surface area (Å²) < 4.78 is 26.8. The van der Waals surface area contributed by atoms with Crippen LogP contribution in [0.3, 0.4) is 0 Å². The van der Waals surface area contributed by atoms with Crippen LogP contribution in [0.4, 0.5) is 4.39 Å². The fourth-order valence-electron chi connectivity index (χ4n) is 4.64. The Morgan fingerprint density at radius 2 is 1.52 bits per heavy atom. The van der Waals surface area contributed by atoms with Crippen molar-refractivity contribution in [1.29, 1.82) is 0 Å². The van der Waals surface area contributed by atoms with Crippen molar-refractivity contribution in [2.75, 3.05) is 0 Å². The molecular weight excluding hydrogens is 407 g/mol. The maximum absolute atomic E-state index is 13.5. The van der Waals surface area contributed by atoms with E-state index in [1.54, 1.807) is 0 Å². The zero-order valence-electron chi connectivity index (χ0n) is 20.4. The van der Waals surface area contributed by atoms with Crippen molar-refractivity contribution >= 4 is 11.0 Å². The third kappa shape index (κ3) is 3.64. The van der Waals surface area contributed by atoms with Crippen LogP contribution < -0.4 is 4.57 Å². The van der Waals surface area contributed by atoms with Gasteiger partial charge in [0.05, 0.1) is 12.6 Å². The molecule has 5 aromatic rings. The van der Waals surface area contributed by atoms with Gasteiger partial charge in [-0.3, -0.25) is 0 Å². The second kappa shape index (κ2) is 8.32. The molecule has 2 nitrogen and oxygen atoms in total. The SMILES string of the molecule is [2H]C(C)(C)c1ccccc1-[n+]1c(-c2ccccc2C)n(C)c2cc(-c3ccc(F)cc3)ccc21. The van der Waals surface area contributed by atoms with E-state index in [0.29, 0.717) is 0 Å². The van der Waals surface area contributed by atoms with Gasteiger partial charge in [-0.2, -0.15) is 4.57 Å². The van der Waals surface area contributed by atoms with Gasteiger partial charge in [0.1, 0.15) is 11.5 Å². The van der Waals surface area contributed by atoms with Crippen LogP contribution in [-0.2, 0) is 7.05 Å². The molecule has 0 aliphatic heterocycles. The van der Waals surface area contributed by atoms with Crippen molar-refractivity contribution in [1.82, 2.24) is 4.57 Å². The first-order chi connectivity index (χ1) is 16.3. The summed E-state index contributed by atoms with van der Waals surface area (Å²) in [5.74, 6) is 0.0575. The molecule has 0 N–H and O–H groups in total. The minimum atomic E-state index is -0.761. The van der Waals surface area contributed by atoms with Gasteiger partial charge in [0.2, 0.25) is 0 Å². The van der Waals surface area contributed by atoms with Gasteiger partial charge >= 0.3 is 0 Å². The predicted molar refractivity (Wildman–Crippen MR) is 134 cm³/mol. The maximum Gasteiger partial charge on any atom is 0.295 e. The Morgan fingerprint density at radius 3 is 2.24 bits per heavy atom. The second-order valence-corrected chi connectivity index (χ2v) is 8.76. The van der Waals surface area contributed by atoms with Gasteiger partial charge in [0.25, 0.3) is 5.82 Å². The van der Waals surface area contributed by atoms with Crippen molar-refractivity contribution in [3.8, 4) is 28.2 Å². The lowest BCUT2D eigenvalue weighted by Crippen LogP contribution is -2.34. The molecule has 164 valence electrons. The highest BCUT2D eigenvalue weighted by Crippen LogP contribution is 2.31. The Bertz CT molecular complexity index is 1510. The monoisotopic (exact) mass is 436 g/mol. The Balaban J connectivity index is 1.87. The summed E-state index contributed by atoms with van der Waals surface area (Å²) in [6, 6.07) is 29.6. The minimum Gasteiger partial charge on any atom is -0.225 e. The number of imidazole rings is 1. The number of fused-ring (bicyclic) bond motifs is 1. The molecular formula is C30H28FN2+. The van der Waals surface area contributed by atoms with Crippen LogP contribution in [0, 0.1) is 12.7 Å². The first-order valence-corrected chi connectivity index (χ1v) is 11.2. The van der Waals surface area contributed by atoms with Gasteiger partial charge in [-0.25, -0.2) is 8.96 Å². The molecule has 1 heterocycles. The van der Waals surface area contributed by atoms with E-state index in [2.05, 4.69) is 71.6 Å². The molecule has 0 atom stereocenters. The lowest BCUT2D eigenvalue weighted by Gasteiger charge is -2.12. The average Bonchev–Trinajstić information content (AvgIpc) is 3.11. The normalized spacial score (nSPS) is 12.2. The maximum atomic E-state index is 13.5. The summed E-state index contributed by atoms with van der Waals surface area (Å²) in [5, 5.41) is 0. The number of halogens is 1. The number of aromatic nitrogens is 2. The van der Waals surface area contributed by atoms with Crippen LogP contribution in [0.1, 0.15) is 32.2 Å². The summed E-state index contributed by atoms with van der Waals surface area (Å²) in [7, 11) is 2.09. The fourth-order valence-corrected chi connectivity index (χ4v) is 4.64. The highest BCUT2D eigenvalue weighted by molar-refractivity contribution is 5.83. The Hall–Kier alpha value is -3.72. The van der Waals surface area contributed by atoms with Crippen molar-refractivity contribution in [3.63, 3.8) is 0 Å². The van der Waals surface area contributed by atoms with Gasteiger partial charge in [-0.15, -0.1) is 0 Å². The van der Waals surface area contributed by atoms with Crippen LogP contribution in [0.25, 0.3) is 39.2 Å². The van der Waals surface area contributed by atoms with Gasteiger partial charge in [-0.05, 0) is 72.0 Å². The van der Waals surface area contributed by atoms with Gasteiger partial charge in [0, 0.05) is 6.93 Å². The predicted octanol–water partition coefficient (Wildman–Crippen LogP) is 7.36. The van der Waals surface area contributed by atoms with E-state index in [0.717, 1.165) is 44.8 Å². The molecule has 0 radical (unpaired) electrons. The van der Waals surface area contributed by atoms with Crippen LogP contribution >= 0.6 is 0 Å². The third-order valence-corrected chi connectivity index (χ3v) is 6.35. The molecule has 3 heteroatoms. The van der Waals surface area contributed by atoms with E-state index in [1.165, 1.54) is 17.7 Å². The molecule has 0 saturated carbocycles. The molecule has 0 saturated heterocycles. The van der Waals surface area contributed by atoms with Gasteiger partial charge in [0.15, 0.2) is 11.0 Å². The fraction of sp³-hybridized carbons (Fsp3) is 0.167. The highest BCUT2D eigenvalue weighted by Gasteiger charge is 2.29. The number of para-hydroxylation sites is 1. The number of nitrogens with zero attached hydrogens (tertiary/aromatic N) is 2.